The third-order valence-corrected chi connectivity index (χ3v) is 8.45. The van der Waals surface area contributed by atoms with Gasteiger partial charge in [-0.15, -0.1) is 0 Å². The molecule has 5 nitrogen and oxygen atoms in total. The summed E-state index contributed by atoms with van der Waals surface area (Å²) in [6.07, 6.45) is 1.74. The predicted octanol–water partition coefficient (Wildman–Crippen LogP) is 6.14. The molecule has 0 aliphatic carbocycles. The first-order valence-electron chi connectivity index (χ1n) is 12.0. The van der Waals surface area contributed by atoms with E-state index in [4.69, 9.17) is 4.74 Å². The van der Waals surface area contributed by atoms with Gasteiger partial charge in [0, 0.05) is 24.2 Å². The van der Waals surface area contributed by atoms with Crippen molar-refractivity contribution in [2.24, 2.45) is 0 Å². The average molecular weight is 510 g/mol. The molecule has 0 atom stereocenters. The minimum absolute atomic E-state index is 0.0517. The van der Waals surface area contributed by atoms with Gasteiger partial charge in [-0.25, -0.2) is 8.42 Å². The number of hydrogen-bond acceptors (Lipinski definition) is 4. The van der Waals surface area contributed by atoms with E-state index in [1.54, 1.807) is 61.7 Å². The zero-order valence-corrected chi connectivity index (χ0v) is 21.5. The zero-order chi connectivity index (χ0) is 26.0. The van der Waals surface area contributed by atoms with Crippen molar-refractivity contribution >= 4 is 21.4 Å². The van der Waals surface area contributed by atoms with E-state index in [0.29, 0.717) is 16.9 Å². The quantitative estimate of drug-likeness (QED) is 0.303. The van der Waals surface area contributed by atoms with E-state index in [-0.39, 0.29) is 23.8 Å². The van der Waals surface area contributed by atoms with E-state index in [2.05, 4.69) is 0 Å². The lowest BCUT2D eigenvalue weighted by Gasteiger charge is -2.22. The summed E-state index contributed by atoms with van der Waals surface area (Å²) in [6, 6.07) is 29.3. The molecule has 4 aromatic rings. The summed E-state index contributed by atoms with van der Waals surface area (Å²) >= 11 is 0. The average Bonchev–Trinajstić information content (AvgIpc) is 3.00. The number of methoxy groups -OCH3 is 1. The summed E-state index contributed by atoms with van der Waals surface area (Å²) in [7, 11) is -2.25. The van der Waals surface area contributed by atoms with Crippen LogP contribution in [0.4, 0.5) is 0 Å². The number of Topliss-reactive ketones (excluding diaryl/α,β-unsaturated/α-hetero) is 1. The summed E-state index contributed by atoms with van der Waals surface area (Å²) in [6.45, 7) is 2.15. The molecule has 1 heterocycles. The van der Waals surface area contributed by atoms with E-state index in [9.17, 15) is 13.2 Å². The summed E-state index contributed by atoms with van der Waals surface area (Å²) in [5.74, 6) is 0.479. The molecule has 0 saturated heterocycles. The van der Waals surface area contributed by atoms with Crippen molar-refractivity contribution in [3.63, 3.8) is 0 Å². The van der Waals surface area contributed by atoms with Gasteiger partial charge in [0.25, 0.3) is 0 Å². The second-order valence-corrected chi connectivity index (χ2v) is 10.9. The molecule has 0 unspecified atom stereocenters. The first-order chi connectivity index (χ1) is 17.9. The van der Waals surface area contributed by atoms with Crippen molar-refractivity contribution < 1.29 is 17.9 Å². The highest BCUT2D eigenvalue weighted by atomic mass is 32.2. The van der Waals surface area contributed by atoms with Crippen LogP contribution in [0.1, 0.15) is 27.0 Å². The molecule has 5 rings (SSSR count). The van der Waals surface area contributed by atoms with Crippen molar-refractivity contribution in [1.82, 2.24) is 4.31 Å². The molecule has 1 aliphatic heterocycles. The Labute approximate surface area is 217 Å². The number of nitrogens with zero attached hydrogens (tertiary/aromatic N) is 1. The van der Waals surface area contributed by atoms with Gasteiger partial charge in [0.15, 0.2) is 5.78 Å². The molecule has 4 aromatic carbocycles. The van der Waals surface area contributed by atoms with Gasteiger partial charge in [0.1, 0.15) is 5.75 Å². The molecule has 0 bridgehead atoms. The van der Waals surface area contributed by atoms with Crippen LogP contribution in [0.2, 0.25) is 0 Å². The Morgan fingerprint density at radius 2 is 1.41 bits per heavy atom. The number of carbonyl (C=O) groups is 1. The fourth-order valence-corrected chi connectivity index (χ4v) is 5.94. The van der Waals surface area contributed by atoms with Crippen molar-refractivity contribution in [3.05, 3.63) is 125 Å². The number of ether oxygens (including phenoxy) is 1. The Morgan fingerprint density at radius 3 is 2.08 bits per heavy atom. The fourth-order valence-electron chi connectivity index (χ4n) is 4.59. The minimum atomic E-state index is -3.83. The second-order valence-electron chi connectivity index (χ2n) is 8.99. The van der Waals surface area contributed by atoms with Crippen LogP contribution < -0.4 is 4.74 Å². The maximum Gasteiger partial charge on any atom is 0.243 e. The summed E-state index contributed by atoms with van der Waals surface area (Å²) in [5, 5.41) is 0. The number of fused-ring (bicyclic) bond motifs is 3. The first-order valence-corrected chi connectivity index (χ1v) is 13.5. The van der Waals surface area contributed by atoms with Crippen LogP contribution >= 0.6 is 0 Å². The van der Waals surface area contributed by atoms with Crippen LogP contribution in [0.3, 0.4) is 0 Å². The molecule has 0 fully saturated rings. The lowest BCUT2D eigenvalue weighted by molar-refractivity contribution is 0.105. The number of carbonyl (C=O) groups excluding carboxylic acids is 1. The summed E-state index contributed by atoms with van der Waals surface area (Å²) < 4.78 is 34.2. The molecule has 1 aliphatic rings. The van der Waals surface area contributed by atoms with E-state index in [1.165, 1.54) is 4.31 Å². The topological polar surface area (TPSA) is 63.7 Å². The highest BCUT2D eigenvalue weighted by Crippen LogP contribution is 2.36. The van der Waals surface area contributed by atoms with Crippen molar-refractivity contribution in [1.29, 1.82) is 0 Å². The van der Waals surface area contributed by atoms with Crippen LogP contribution in [-0.4, -0.2) is 32.2 Å². The van der Waals surface area contributed by atoms with E-state index < -0.39 is 10.0 Å². The van der Waals surface area contributed by atoms with Gasteiger partial charge in [-0.05, 0) is 65.6 Å². The number of ketones is 1. The van der Waals surface area contributed by atoms with Crippen LogP contribution in [0, 0.1) is 6.92 Å². The lowest BCUT2D eigenvalue weighted by atomic mass is 9.88. The maximum absolute atomic E-state index is 13.8. The van der Waals surface area contributed by atoms with Gasteiger partial charge < -0.3 is 4.74 Å². The van der Waals surface area contributed by atoms with E-state index in [0.717, 1.165) is 27.8 Å². The monoisotopic (exact) mass is 509 g/mol. The SMILES string of the molecule is COc1ccc(C(=O)/C2=C/CN(S(=O)(=O)c3ccc(C)cc3)Cc3ccccc3-c3ccccc32)cc1. The van der Waals surface area contributed by atoms with Crippen LogP contribution in [-0.2, 0) is 16.6 Å². The van der Waals surface area contributed by atoms with Gasteiger partial charge in [-0.1, -0.05) is 72.3 Å². The standard InChI is InChI=1S/C31H27NO4S/c1-22-11-17-26(18-12-22)37(34,35)32-20-19-30(31(33)23-13-15-25(36-2)16-14-23)29-10-6-5-9-28(29)27-8-4-3-7-24(27)21-32/h3-19H,20-21H2,1-2H3/b30-19+. The molecular weight excluding hydrogens is 482 g/mol. The molecule has 6 heteroatoms. The third kappa shape index (κ3) is 4.86. The smallest absolute Gasteiger partial charge is 0.243 e. The van der Waals surface area contributed by atoms with Crippen LogP contribution in [0.25, 0.3) is 16.7 Å². The Kier molecular flexibility index (Phi) is 6.78. The lowest BCUT2D eigenvalue weighted by Crippen LogP contribution is -2.31. The number of hydrogen-bond donors (Lipinski definition) is 0. The Morgan fingerprint density at radius 1 is 0.784 bits per heavy atom. The van der Waals surface area contributed by atoms with Crippen molar-refractivity contribution in [2.45, 2.75) is 18.4 Å². The van der Waals surface area contributed by atoms with E-state index in [1.807, 2.05) is 55.5 Å². The fraction of sp³-hybridized carbons (Fsp3) is 0.129. The normalized spacial score (nSPS) is 15.2. The molecular formula is C31H27NO4S. The number of allylic oxidation sites excluding steroid dienone is 1. The summed E-state index contributed by atoms with van der Waals surface area (Å²) in [5.41, 5.74) is 5.38. The largest absolute Gasteiger partial charge is 0.497 e. The number of benzene rings is 4. The second kappa shape index (κ2) is 10.2. The van der Waals surface area contributed by atoms with Crippen molar-refractivity contribution in [3.8, 4) is 16.9 Å². The molecule has 37 heavy (non-hydrogen) atoms. The number of aryl methyl sites for hydroxylation is 1. The molecule has 0 N–H and O–H groups in total. The van der Waals surface area contributed by atoms with Crippen molar-refractivity contribution in [2.75, 3.05) is 13.7 Å². The Bertz CT molecular complexity index is 1590. The highest BCUT2D eigenvalue weighted by Gasteiger charge is 2.28. The molecule has 0 spiro atoms. The summed E-state index contributed by atoms with van der Waals surface area (Å²) in [4.78, 5) is 14.1. The minimum Gasteiger partial charge on any atom is -0.497 e. The highest BCUT2D eigenvalue weighted by molar-refractivity contribution is 7.89. The molecule has 186 valence electrons. The maximum atomic E-state index is 13.8. The van der Waals surface area contributed by atoms with Crippen LogP contribution in [0.5, 0.6) is 5.75 Å². The molecule has 0 amide bonds. The number of sulfonamides is 1. The molecule has 0 radical (unpaired) electrons. The van der Waals surface area contributed by atoms with Gasteiger partial charge in [-0.2, -0.15) is 4.31 Å². The van der Waals surface area contributed by atoms with Gasteiger partial charge in [0.2, 0.25) is 10.0 Å². The van der Waals surface area contributed by atoms with Gasteiger partial charge in [0.05, 0.1) is 12.0 Å². The first kappa shape index (κ1) is 24.7. The third-order valence-electron chi connectivity index (χ3n) is 6.63. The molecule has 0 saturated carbocycles. The molecule has 0 aromatic heterocycles. The van der Waals surface area contributed by atoms with Gasteiger partial charge >= 0.3 is 0 Å². The Balaban J connectivity index is 1.68. The van der Waals surface area contributed by atoms with Gasteiger partial charge in [-0.3, -0.25) is 4.79 Å². The van der Waals surface area contributed by atoms with Crippen LogP contribution in [0.15, 0.2) is 108 Å². The predicted molar refractivity (Wildman–Crippen MR) is 146 cm³/mol. The number of rotatable bonds is 5. The van der Waals surface area contributed by atoms with E-state index >= 15 is 0 Å². The Hall–Kier alpha value is -4.00. The zero-order valence-electron chi connectivity index (χ0n) is 20.7.